The third-order valence-corrected chi connectivity index (χ3v) is 4.01. The molecular weight excluding hydrogens is 262 g/mol. The van der Waals surface area contributed by atoms with Gasteiger partial charge in [-0.3, -0.25) is 4.79 Å². The number of nitrogens with one attached hydrogen (secondary N) is 1. The van der Waals surface area contributed by atoms with Gasteiger partial charge in [0.05, 0.1) is 5.92 Å². The summed E-state index contributed by atoms with van der Waals surface area (Å²) in [5.41, 5.74) is 7.92. The fraction of sp³-hybridized carbons (Fsp3) is 0.588. The van der Waals surface area contributed by atoms with Gasteiger partial charge in [0.15, 0.2) is 0 Å². The quantitative estimate of drug-likeness (QED) is 0.843. The molecule has 1 unspecified atom stereocenters. The third-order valence-electron chi connectivity index (χ3n) is 4.01. The Labute approximate surface area is 127 Å². The molecule has 4 nitrogen and oxygen atoms in total. The molecule has 4 heteroatoms. The number of benzene rings is 1. The molecule has 1 heterocycles. The number of amides is 1. The lowest BCUT2D eigenvalue weighted by Crippen LogP contribution is -2.41. The highest BCUT2D eigenvalue weighted by atomic mass is 16.1. The minimum Gasteiger partial charge on any atom is -0.371 e. The van der Waals surface area contributed by atoms with Crippen LogP contribution in [0, 0.1) is 11.8 Å². The van der Waals surface area contributed by atoms with Crippen LogP contribution < -0.4 is 16.0 Å². The highest BCUT2D eigenvalue weighted by Crippen LogP contribution is 2.23. The van der Waals surface area contributed by atoms with Crippen LogP contribution in [0.5, 0.6) is 0 Å². The van der Waals surface area contributed by atoms with E-state index in [0.717, 1.165) is 39.0 Å². The maximum Gasteiger partial charge on any atom is 0.222 e. The van der Waals surface area contributed by atoms with E-state index in [1.807, 2.05) is 0 Å². The minimum absolute atomic E-state index is 0.00821. The van der Waals surface area contributed by atoms with Crippen molar-refractivity contribution in [1.29, 1.82) is 0 Å². The van der Waals surface area contributed by atoms with Crippen molar-refractivity contribution in [3.05, 3.63) is 29.8 Å². The SMILES string of the molecule is CC(C)CNCc1ccc(N2CCCC(C(N)=O)C2)cc1. The molecule has 0 saturated carbocycles. The van der Waals surface area contributed by atoms with E-state index < -0.39 is 0 Å². The smallest absolute Gasteiger partial charge is 0.222 e. The Morgan fingerprint density at radius 3 is 2.71 bits per heavy atom. The van der Waals surface area contributed by atoms with Gasteiger partial charge >= 0.3 is 0 Å². The van der Waals surface area contributed by atoms with Gasteiger partial charge in [-0.15, -0.1) is 0 Å². The molecule has 0 radical (unpaired) electrons. The normalized spacial score (nSPS) is 19.0. The van der Waals surface area contributed by atoms with Crippen molar-refractivity contribution in [3.8, 4) is 0 Å². The molecule has 1 aliphatic rings. The van der Waals surface area contributed by atoms with E-state index in [1.54, 1.807) is 0 Å². The third kappa shape index (κ3) is 4.74. The number of anilines is 1. The highest BCUT2D eigenvalue weighted by Gasteiger charge is 2.23. The number of piperidine rings is 1. The second-order valence-corrected chi connectivity index (χ2v) is 6.38. The number of nitrogens with zero attached hydrogens (tertiary/aromatic N) is 1. The van der Waals surface area contributed by atoms with Gasteiger partial charge in [0.2, 0.25) is 5.91 Å². The maximum atomic E-state index is 11.3. The van der Waals surface area contributed by atoms with E-state index in [2.05, 4.69) is 48.3 Å². The molecular formula is C17H27N3O. The van der Waals surface area contributed by atoms with E-state index >= 15 is 0 Å². The predicted molar refractivity (Wildman–Crippen MR) is 87.1 cm³/mol. The maximum absolute atomic E-state index is 11.3. The van der Waals surface area contributed by atoms with Gasteiger partial charge in [0.25, 0.3) is 0 Å². The van der Waals surface area contributed by atoms with Crippen LogP contribution in [-0.4, -0.2) is 25.5 Å². The first-order valence-corrected chi connectivity index (χ1v) is 7.90. The van der Waals surface area contributed by atoms with Crippen molar-refractivity contribution in [3.63, 3.8) is 0 Å². The van der Waals surface area contributed by atoms with E-state index in [1.165, 1.54) is 11.3 Å². The summed E-state index contributed by atoms with van der Waals surface area (Å²) < 4.78 is 0. The zero-order chi connectivity index (χ0) is 15.2. The predicted octanol–water partition coefficient (Wildman–Crippen LogP) is 2.13. The Hall–Kier alpha value is -1.55. The largest absolute Gasteiger partial charge is 0.371 e. The molecule has 116 valence electrons. The Morgan fingerprint density at radius 1 is 1.38 bits per heavy atom. The van der Waals surface area contributed by atoms with Gasteiger partial charge in [-0.25, -0.2) is 0 Å². The summed E-state index contributed by atoms with van der Waals surface area (Å²) in [4.78, 5) is 13.6. The second kappa shape index (κ2) is 7.46. The molecule has 1 amide bonds. The van der Waals surface area contributed by atoms with Crippen LogP contribution in [0.4, 0.5) is 5.69 Å². The molecule has 1 aromatic carbocycles. The molecule has 21 heavy (non-hydrogen) atoms. The number of hydrogen-bond donors (Lipinski definition) is 2. The fourth-order valence-electron chi connectivity index (χ4n) is 2.77. The lowest BCUT2D eigenvalue weighted by atomic mass is 9.97. The number of carbonyl (C=O) groups is 1. The van der Waals surface area contributed by atoms with E-state index in [4.69, 9.17) is 5.73 Å². The fourth-order valence-corrected chi connectivity index (χ4v) is 2.77. The zero-order valence-electron chi connectivity index (χ0n) is 13.1. The van der Waals surface area contributed by atoms with Gasteiger partial charge in [-0.1, -0.05) is 26.0 Å². The van der Waals surface area contributed by atoms with Gasteiger partial charge in [-0.05, 0) is 43.0 Å². The molecule has 1 aliphatic heterocycles. The molecule has 0 aliphatic carbocycles. The monoisotopic (exact) mass is 289 g/mol. The zero-order valence-corrected chi connectivity index (χ0v) is 13.1. The Morgan fingerprint density at radius 2 is 2.10 bits per heavy atom. The van der Waals surface area contributed by atoms with Crippen LogP contribution in [0.15, 0.2) is 24.3 Å². The molecule has 1 atom stereocenters. The summed E-state index contributed by atoms with van der Waals surface area (Å²) in [7, 11) is 0. The summed E-state index contributed by atoms with van der Waals surface area (Å²) in [6.45, 7) is 8.12. The standard InChI is InChI=1S/C17H27N3O/c1-13(2)10-19-11-14-5-7-16(8-6-14)20-9-3-4-15(12-20)17(18)21/h5-8,13,15,19H,3-4,9-12H2,1-2H3,(H2,18,21). The van der Waals surface area contributed by atoms with Crippen LogP contribution in [0.2, 0.25) is 0 Å². The summed E-state index contributed by atoms with van der Waals surface area (Å²) >= 11 is 0. The van der Waals surface area contributed by atoms with Crippen molar-refractivity contribution < 1.29 is 4.79 Å². The highest BCUT2D eigenvalue weighted by molar-refractivity contribution is 5.77. The average Bonchev–Trinajstić information content (AvgIpc) is 2.48. The number of rotatable bonds is 6. The molecule has 0 bridgehead atoms. The van der Waals surface area contributed by atoms with E-state index in [9.17, 15) is 4.79 Å². The van der Waals surface area contributed by atoms with Crippen LogP contribution in [0.25, 0.3) is 0 Å². The minimum atomic E-state index is -0.172. The van der Waals surface area contributed by atoms with Crippen molar-refractivity contribution in [2.24, 2.45) is 17.6 Å². The van der Waals surface area contributed by atoms with Crippen molar-refractivity contribution in [2.45, 2.75) is 33.2 Å². The first kappa shape index (κ1) is 15.8. The van der Waals surface area contributed by atoms with Crippen LogP contribution in [-0.2, 0) is 11.3 Å². The summed E-state index contributed by atoms with van der Waals surface area (Å²) in [5.74, 6) is 0.490. The Bertz CT molecular complexity index is 456. The number of hydrogen-bond acceptors (Lipinski definition) is 3. The van der Waals surface area contributed by atoms with E-state index in [-0.39, 0.29) is 11.8 Å². The molecule has 0 spiro atoms. The molecule has 1 aromatic rings. The topological polar surface area (TPSA) is 58.4 Å². The summed E-state index contributed by atoms with van der Waals surface area (Å²) in [6.07, 6.45) is 1.95. The average molecular weight is 289 g/mol. The van der Waals surface area contributed by atoms with Gasteiger partial charge in [0.1, 0.15) is 0 Å². The van der Waals surface area contributed by atoms with Crippen LogP contribution in [0.3, 0.4) is 0 Å². The molecule has 1 fully saturated rings. The first-order chi connectivity index (χ1) is 10.1. The van der Waals surface area contributed by atoms with Gasteiger partial charge in [-0.2, -0.15) is 0 Å². The molecule has 3 N–H and O–H groups in total. The Balaban J connectivity index is 1.90. The van der Waals surface area contributed by atoms with Crippen LogP contribution >= 0.6 is 0 Å². The van der Waals surface area contributed by atoms with Crippen molar-refractivity contribution in [1.82, 2.24) is 5.32 Å². The van der Waals surface area contributed by atoms with Gasteiger partial charge in [0, 0.05) is 25.3 Å². The molecule has 1 saturated heterocycles. The lowest BCUT2D eigenvalue weighted by Gasteiger charge is -2.33. The number of nitrogens with two attached hydrogens (primary N) is 1. The first-order valence-electron chi connectivity index (χ1n) is 7.90. The summed E-state index contributed by atoms with van der Waals surface area (Å²) in [5, 5.41) is 3.45. The van der Waals surface area contributed by atoms with Gasteiger partial charge < -0.3 is 16.0 Å². The van der Waals surface area contributed by atoms with E-state index in [0.29, 0.717) is 5.92 Å². The molecule has 0 aromatic heterocycles. The second-order valence-electron chi connectivity index (χ2n) is 6.38. The number of carbonyl (C=O) groups excluding carboxylic acids is 1. The Kier molecular flexibility index (Phi) is 5.62. The van der Waals surface area contributed by atoms with Crippen molar-refractivity contribution in [2.75, 3.05) is 24.5 Å². The van der Waals surface area contributed by atoms with Crippen LogP contribution in [0.1, 0.15) is 32.3 Å². The number of primary amides is 1. The molecule has 2 rings (SSSR count). The van der Waals surface area contributed by atoms with Crippen molar-refractivity contribution >= 4 is 11.6 Å². The lowest BCUT2D eigenvalue weighted by molar-refractivity contribution is -0.122. The summed E-state index contributed by atoms with van der Waals surface area (Å²) in [6, 6.07) is 8.62.